The van der Waals surface area contributed by atoms with Crippen LogP contribution in [0.1, 0.15) is 57.9 Å². The Morgan fingerprint density at radius 1 is 1.42 bits per heavy atom. The number of ketones is 1. The van der Waals surface area contributed by atoms with Crippen molar-refractivity contribution < 1.29 is 9.59 Å². The molecule has 1 amide bonds. The van der Waals surface area contributed by atoms with Crippen LogP contribution in [0.15, 0.2) is 5.38 Å². The van der Waals surface area contributed by atoms with Crippen LogP contribution in [0.25, 0.3) is 0 Å². The summed E-state index contributed by atoms with van der Waals surface area (Å²) in [7, 11) is 0. The molecule has 5 heteroatoms. The number of carbonyl (C=O) groups excluding carboxylic acids is 2. The fraction of sp³-hybridized carbons (Fsp3) is 0.643. The molecular formula is C14H22N2O2S. The van der Waals surface area contributed by atoms with Crippen LogP contribution in [0.2, 0.25) is 0 Å². The van der Waals surface area contributed by atoms with Crippen molar-refractivity contribution >= 4 is 28.2 Å². The van der Waals surface area contributed by atoms with Crippen LogP contribution in [0, 0.1) is 11.3 Å². The fourth-order valence-corrected chi connectivity index (χ4v) is 2.86. The molecule has 1 atom stereocenters. The van der Waals surface area contributed by atoms with Crippen molar-refractivity contribution in [1.82, 2.24) is 4.98 Å². The van der Waals surface area contributed by atoms with E-state index in [4.69, 9.17) is 0 Å². The molecule has 0 fully saturated rings. The lowest BCUT2D eigenvalue weighted by atomic mass is 9.84. The summed E-state index contributed by atoms with van der Waals surface area (Å²) in [5.74, 6) is 0.200. The van der Waals surface area contributed by atoms with E-state index < -0.39 is 0 Å². The van der Waals surface area contributed by atoms with Gasteiger partial charge in [-0.2, -0.15) is 0 Å². The molecule has 1 unspecified atom stereocenters. The molecular weight excluding hydrogens is 260 g/mol. The molecule has 106 valence electrons. The number of rotatable bonds is 5. The van der Waals surface area contributed by atoms with Gasteiger partial charge in [-0.05, 0) is 17.8 Å². The summed E-state index contributed by atoms with van der Waals surface area (Å²) in [6.45, 7) is 10.0. The van der Waals surface area contributed by atoms with E-state index in [2.05, 4.69) is 38.0 Å². The van der Waals surface area contributed by atoms with Gasteiger partial charge in [-0.3, -0.25) is 9.59 Å². The SMILES string of the molecule is CC(=O)c1csc(NC(=O)CC(C)CC(C)(C)C)n1. The molecule has 0 aliphatic rings. The zero-order valence-corrected chi connectivity index (χ0v) is 13.1. The first-order chi connectivity index (χ1) is 8.67. The number of nitrogens with zero attached hydrogens (tertiary/aromatic N) is 1. The predicted molar refractivity (Wildman–Crippen MR) is 78.6 cm³/mol. The second-order valence-corrected chi connectivity index (χ2v) is 7.07. The van der Waals surface area contributed by atoms with E-state index in [1.807, 2.05) is 0 Å². The number of hydrogen-bond acceptors (Lipinski definition) is 4. The lowest BCUT2D eigenvalue weighted by Crippen LogP contribution is -2.18. The van der Waals surface area contributed by atoms with E-state index in [-0.39, 0.29) is 17.1 Å². The highest BCUT2D eigenvalue weighted by Gasteiger charge is 2.18. The van der Waals surface area contributed by atoms with E-state index in [0.29, 0.717) is 23.2 Å². The van der Waals surface area contributed by atoms with Crippen molar-refractivity contribution in [3.05, 3.63) is 11.1 Å². The summed E-state index contributed by atoms with van der Waals surface area (Å²) in [6, 6.07) is 0. The van der Waals surface area contributed by atoms with Crippen LogP contribution >= 0.6 is 11.3 Å². The smallest absolute Gasteiger partial charge is 0.226 e. The molecule has 0 aliphatic carbocycles. The molecule has 0 aliphatic heterocycles. The second-order valence-electron chi connectivity index (χ2n) is 6.22. The maximum Gasteiger partial charge on any atom is 0.226 e. The van der Waals surface area contributed by atoms with Crippen molar-refractivity contribution in [2.75, 3.05) is 5.32 Å². The highest BCUT2D eigenvalue weighted by atomic mass is 32.1. The number of carbonyl (C=O) groups is 2. The van der Waals surface area contributed by atoms with Crippen LogP contribution in [-0.4, -0.2) is 16.7 Å². The van der Waals surface area contributed by atoms with Gasteiger partial charge in [-0.15, -0.1) is 11.3 Å². The summed E-state index contributed by atoms with van der Waals surface area (Å²) in [5, 5.41) is 4.91. The average molecular weight is 282 g/mol. The van der Waals surface area contributed by atoms with Gasteiger partial charge < -0.3 is 5.32 Å². The second kappa shape index (κ2) is 6.28. The van der Waals surface area contributed by atoms with Crippen LogP contribution < -0.4 is 5.32 Å². The largest absolute Gasteiger partial charge is 0.302 e. The molecule has 0 saturated carbocycles. The third-order valence-electron chi connectivity index (χ3n) is 2.61. The van der Waals surface area contributed by atoms with Crippen LogP contribution in [-0.2, 0) is 4.79 Å². The van der Waals surface area contributed by atoms with Crippen molar-refractivity contribution in [3.63, 3.8) is 0 Å². The van der Waals surface area contributed by atoms with Gasteiger partial charge in [0, 0.05) is 18.7 Å². The number of nitrogens with one attached hydrogen (secondary N) is 1. The lowest BCUT2D eigenvalue weighted by Gasteiger charge is -2.22. The molecule has 0 saturated heterocycles. The number of amides is 1. The monoisotopic (exact) mass is 282 g/mol. The van der Waals surface area contributed by atoms with Crippen molar-refractivity contribution in [3.8, 4) is 0 Å². The first-order valence-corrected chi connectivity index (χ1v) is 7.31. The summed E-state index contributed by atoms with van der Waals surface area (Å²) in [4.78, 5) is 27.0. The van der Waals surface area contributed by atoms with Crippen LogP contribution in [0.5, 0.6) is 0 Å². The molecule has 0 spiro atoms. The number of aromatic nitrogens is 1. The molecule has 4 nitrogen and oxygen atoms in total. The van der Waals surface area contributed by atoms with Crippen LogP contribution in [0.4, 0.5) is 5.13 Å². The molecule has 0 aromatic carbocycles. The molecule has 0 radical (unpaired) electrons. The Morgan fingerprint density at radius 2 is 2.05 bits per heavy atom. The van der Waals surface area contributed by atoms with Crippen molar-refractivity contribution in [2.24, 2.45) is 11.3 Å². The molecule has 19 heavy (non-hydrogen) atoms. The zero-order valence-electron chi connectivity index (χ0n) is 12.2. The standard InChI is InChI=1S/C14H22N2O2S/c1-9(7-14(3,4)5)6-12(18)16-13-15-11(8-19-13)10(2)17/h8-9H,6-7H2,1-5H3,(H,15,16,18). The lowest BCUT2D eigenvalue weighted by molar-refractivity contribution is -0.117. The first kappa shape index (κ1) is 15.8. The Morgan fingerprint density at radius 3 is 2.53 bits per heavy atom. The van der Waals surface area contributed by atoms with E-state index in [9.17, 15) is 9.59 Å². The van der Waals surface area contributed by atoms with Gasteiger partial charge in [0.15, 0.2) is 10.9 Å². The molecule has 1 aromatic heterocycles. The van der Waals surface area contributed by atoms with Crippen molar-refractivity contribution in [2.45, 2.75) is 47.5 Å². The van der Waals surface area contributed by atoms with Gasteiger partial charge in [-0.25, -0.2) is 4.98 Å². The topological polar surface area (TPSA) is 59.1 Å². The minimum absolute atomic E-state index is 0.0406. The molecule has 1 heterocycles. The number of thiazole rings is 1. The normalized spacial score (nSPS) is 13.1. The van der Waals surface area contributed by atoms with Gasteiger partial charge in [0.25, 0.3) is 0 Å². The Kier molecular flexibility index (Phi) is 5.23. The predicted octanol–water partition coefficient (Wildman–Crippen LogP) is 3.75. The highest BCUT2D eigenvalue weighted by molar-refractivity contribution is 7.14. The summed E-state index contributed by atoms with van der Waals surface area (Å²) in [5.41, 5.74) is 0.630. The third-order valence-corrected chi connectivity index (χ3v) is 3.36. The number of anilines is 1. The van der Waals surface area contributed by atoms with Gasteiger partial charge in [0.05, 0.1) is 0 Å². The molecule has 1 rings (SSSR count). The Hall–Kier alpha value is -1.23. The van der Waals surface area contributed by atoms with Crippen molar-refractivity contribution in [1.29, 1.82) is 0 Å². The maximum absolute atomic E-state index is 11.9. The average Bonchev–Trinajstić information content (AvgIpc) is 2.62. The molecule has 0 bridgehead atoms. The van der Waals surface area contributed by atoms with E-state index >= 15 is 0 Å². The summed E-state index contributed by atoms with van der Waals surface area (Å²) >= 11 is 1.28. The Bertz CT molecular complexity index is 460. The van der Waals surface area contributed by atoms with E-state index in [1.54, 1.807) is 5.38 Å². The number of hydrogen-bond donors (Lipinski definition) is 1. The van der Waals surface area contributed by atoms with Gasteiger partial charge in [0.1, 0.15) is 5.69 Å². The minimum Gasteiger partial charge on any atom is -0.302 e. The number of Topliss-reactive ketones (excluding diaryl/α,β-unsaturated/α-hetero) is 1. The van der Waals surface area contributed by atoms with Gasteiger partial charge in [0.2, 0.25) is 5.91 Å². The molecule has 1 N–H and O–H groups in total. The maximum atomic E-state index is 11.9. The Labute approximate surface area is 118 Å². The van der Waals surface area contributed by atoms with Gasteiger partial charge >= 0.3 is 0 Å². The summed E-state index contributed by atoms with van der Waals surface area (Å²) < 4.78 is 0. The summed E-state index contributed by atoms with van der Waals surface area (Å²) in [6.07, 6.45) is 1.48. The zero-order chi connectivity index (χ0) is 14.6. The van der Waals surface area contributed by atoms with Crippen LogP contribution in [0.3, 0.4) is 0 Å². The van der Waals surface area contributed by atoms with E-state index in [0.717, 1.165) is 6.42 Å². The highest BCUT2D eigenvalue weighted by Crippen LogP contribution is 2.26. The quantitative estimate of drug-likeness (QED) is 0.837. The van der Waals surface area contributed by atoms with Gasteiger partial charge in [-0.1, -0.05) is 27.7 Å². The fourth-order valence-electron chi connectivity index (χ4n) is 2.10. The van der Waals surface area contributed by atoms with E-state index in [1.165, 1.54) is 18.3 Å². The minimum atomic E-state index is -0.0853. The Balaban J connectivity index is 2.48. The first-order valence-electron chi connectivity index (χ1n) is 6.43. The third kappa shape index (κ3) is 5.96. The molecule has 1 aromatic rings.